The molecule has 1 aromatic heterocycles. The summed E-state index contributed by atoms with van der Waals surface area (Å²) in [5.41, 5.74) is 1.84. The Kier molecular flexibility index (Phi) is 3.27. The van der Waals surface area contributed by atoms with E-state index < -0.39 is 17.8 Å². The maximum atomic E-state index is 12.5. The summed E-state index contributed by atoms with van der Waals surface area (Å²) in [6.45, 7) is 3.80. The molecule has 2 N–H and O–H groups in total. The maximum absolute atomic E-state index is 12.5. The van der Waals surface area contributed by atoms with Crippen LogP contribution in [-0.2, 0) is 9.59 Å². The molecule has 1 saturated carbocycles. The van der Waals surface area contributed by atoms with Gasteiger partial charge in [-0.15, -0.1) is 0 Å². The number of carboxylic acid groups (broad SMARTS) is 1. The van der Waals surface area contributed by atoms with E-state index in [0.29, 0.717) is 5.82 Å². The van der Waals surface area contributed by atoms with Crippen molar-refractivity contribution in [3.8, 4) is 0 Å². The van der Waals surface area contributed by atoms with Crippen molar-refractivity contribution >= 4 is 17.7 Å². The summed E-state index contributed by atoms with van der Waals surface area (Å²) in [6.07, 6.45) is 4.67. The van der Waals surface area contributed by atoms with Gasteiger partial charge in [-0.1, -0.05) is 12.2 Å². The van der Waals surface area contributed by atoms with E-state index in [2.05, 4.69) is 10.3 Å². The van der Waals surface area contributed by atoms with Gasteiger partial charge in [-0.2, -0.15) is 0 Å². The Morgan fingerprint density at radius 2 is 1.86 bits per heavy atom. The summed E-state index contributed by atoms with van der Waals surface area (Å²) in [6, 6.07) is 3.72. The summed E-state index contributed by atoms with van der Waals surface area (Å²) < 4.78 is 0. The highest BCUT2D eigenvalue weighted by molar-refractivity contribution is 5.95. The molecule has 1 heterocycles. The number of carbonyl (C=O) groups excluding carboxylic acids is 1. The topological polar surface area (TPSA) is 79.3 Å². The van der Waals surface area contributed by atoms with E-state index in [0.717, 1.165) is 17.7 Å². The molecule has 1 fully saturated rings. The first-order chi connectivity index (χ1) is 9.95. The van der Waals surface area contributed by atoms with E-state index in [1.807, 2.05) is 32.1 Å². The summed E-state index contributed by atoms with van der Waals surface area (Å²) >= 11 is 0. The van der Waals surface area contributed by atoms with E-state index in [1.165, 1.54) is 0 Å². The lowest BCUT2D eigenvalue weighted by molar-refractivity contribution is -0.146. The van der Waals surface area contributed by atoms with Gasteiger partial charge in [0.2, 0.25) is 5.91 Å². The summed E-state index contributed by atoms with van der Waals surface area (Å²) in [5.74, 6) is -1.74. The van der Waals surface area contributed by atoms with Gasteiger partial charge in [-0.25, -0.2) is 4.98 Å². The third-order valence-corrected chi connectivity index (χ3v) is 4.40. The van der Waals surface area contributed by atoms with Crippen molar-refractivity contribution in [1.29, 1.82) is 0 Å². The number of nitrogens with zero attached hydrogens (tertiary/aromatic N) is 1. The van der Waals surface area contributed by atoms with E-state index in [9.17, 15) is 14.7 Å². The molecule has 2 aliphatic rings. The number of aliphatic carboxylic acids is 1. The van der Waals surface area contributed by atoms with E-state index in [-0.39, 0.29) is 17.7 Å². The molecule has 1 amide bonds. The summed E-state index contributed by atoms with van der Waals surface area (Å²) in [5, 5.41) is 12.2. The third-order valence-electron chi connectivity index (χ3n) is 4.40. The summed E-state index contributed by atoms with van der Waals surface area (Å²) in [7, 11) is 0. The first kappa shape index (κ1) is 13.8. The Labute approximate surface area is 123 Å². The fourth-order valence-corrected chi connectivity index (χ4v) is 3.63. The third kappa shape index (κ3) is 2.44. The van der Waals surface area contributed by atoms with E-state index >= 15 is 0 Å². The number of nitrogens with one attached hydrogen (secondary N) is 1. The second-order valence-electron chi connectivity index (χ2n) is 6.00. The number of aryl methyl sites for hydroxylation is 2. The van der Waals surface area contributed by atoms with Crippen molar-refractivity contribution in [2.45, 2.75) is 20.3 Å². The number of amides is 1. The van der Waals surface area contributed by atoms with Crippen LogP contribution in [0.3, 0.4) is 0 Å². The first-order valence-corrected chi connectivity index (χ1v) is 7.13. The minimum Gasteiger partial charge on any atom is -0.481 e. The van der Waals surface area contributed by atoms with Crippen LogP contribution >= 0.6 is 0 Å². The number of carbonyl (C=O) groups is 2. The van der Waals surface area contributed by atoms with E-state index in [4.69, 9.17) is 0 Å². The van der Waals surface area contributed by atoms with Crippen LogP contribution in [0.5, 0.6) is 0 Å². The highest BCUT2D eigenvalue weighted by atomic mass is 16.4. The molecule has 0 aliphatic heterocycles. The molecule has 0 aromatic carbocycles. The highest BCUT2D eigenvalue weighted by Crippen LogP contribution is 2.48. The van der Waals surface area contributed by atoms with Gasteiger partial charge in [-0.3, -0.25) is 9.59 Å². The zero-order valence-corrected chi connectivity index (χ0v) is 12.0. The molecule has 3 rings (SSSR count). The number of pyridine rings is 1. The summed E-state index contributed by atoms with van der Waals surface area (Å²) in [4.78, 5) is 28.2. The number of hydrogen-bond donors (Lipinski definition) is 2. The second kappa shape index (κ2) is 4.98. The molecule has 110 valence electrons. The Morgan fingerprint density at radius 3 is 2.48 bits per heavy atom. The van der Waals surface area contributed by atoms with Crippen LogP contribution in [0.25, 0.3) is 0 Å². The molecule has 1 aromatic rings. The number of allylic oxidation sites excluding steroid dienone is 2. The minimum absolute atomic E-state index is 0.0181. The zero-order chi connectivity index (χ0) is 15.1. The van der Waals surface area contributed by atoms with E-state index in [1.54, 1.807) is 6.07 Å². The van der Waals surface area contributed by atoms with Crippen molar-refractivity contribution < 1.29 is 14.7 Å². The van der Waals surface area contributed by atoms with Gasteiger partial charge in [0.25, 0.3) is 0 Å². The molecule has 0 unspecified atom stereocenters. The smallest absolute Gasteiger partial charge is 0.307 e. The Morgan fingerprint density at radius 1 is 1.19 bits per heavy atom. The van der Waals surface area contributed by atoms with Gasteiger partial charge in [0.1, 0.15) is 5.82 Å². The minimum atomic E-state index is -0.889. The molecule has 0 saturated heterocycles. The number of anilines is 1. The molecular formula is C16H18N2O3. The average molecular weight is 286 g/mol. The molecule has 5 nitrogen and oxygen atoms in total. The second-order valence-corrected chi connectivity index (χ2v) is 6.00. The lowest BCUT2D eigenvalue weighted by Gasteiger charge is -2.23. The molecule has 2 bridgehead atoms. The fraction of sp³-hybridized carbons (Fsp3) is 0.438. The molecule has 21 heavy (non-hydrogen) atoms. The van der Waals surface area contributed by atoms with Gasteiger partial charge in [0.15, 0.2) is 0 Å². The van der Waals surface area contributed by atoms with Gasteiger partial charge in [0.05, 0.1) is 11.8 Å². The Balaban J connectivity index is 1.82. The van der Waals surface area contributed by atoms with Crippen LogP contribution in [0.15, 0.2) is 24.3 Å². The van der Waals surface area contributed by atoms with Crippen LogP contribution < -0.4 is 5.32 Å². The molecule has 4 atom stereocenters. The van der Waals surface area contributed by atoms with Gasteiger partial charge in [-0.05, 0) is 49.8 Å². The van der Waals surface area contributed by atoms with Crippen LogP contribution in [0.4, 0.5) is 5.82 Å². The zero-order valence-electron chi connectivity index (χ0n) is 12.0. The number of rotatable bonds is 3. The normalized spacial score (nSPS) is 29.6. The van der Waals surface area contributed by atoms with Crippen molar-refractivity contribution in [2.24, 2.45) is 23.7 Å². The number of fused-ring (bicyclic) bond motifs is 2. The molecule has 0 radical (unpaired) electrons. The van der Waals surface area contributed by atoms with Gasteiger partial charge in [0, 0.05) is 5.69 Å². The predicted octanol–water partition coefficient (Wildman–Crippen LogP) is 2.16. The maximum Gasteiger partial charge on any atom is 0.307 e. The number of hydrogen-bond acceptors (Lipinski definition) is 3. The monoisotopic (exact) mass is 286 g/mol. The van der Waals surface area contributed by atoms with Gasteiger partial charge < -0.3 is 10.4 Å². The number of aromatic nitrogens is 1. The molecule has 2 aliphatic carbocycles. The predicted molar refractivity (Wildman–Crippen MR) is 77.7 cm³/mol. The molecule has 5 heteroatoms. The van der Waals surface area contributed by atoms with Gasteiger partial charge >= 0.3 is 5.97 Å². The van der Waals surface area contributed by atoms with Crippen molar-refractivity contribution in [2.75, 3.05) is 5.32 Å². The largest absolute Gasteiger partial charge is 0.481 e. The van der Waals surface area contributed by atoms with Crippen LogP contribution in [0.2, 0.25) is 0 Å². The molecule has 0 spiro atoms. The lowest BCUT2D eigenvalue weighted by atomic mass is 9.82. The Hall–Kier alpha value is -2.17. The van der Waals surface area contributed by atoms with Crippen LogP contribution in [0.1, 0.15) is 17.7 Å². The molecular weight excluding hydrogens is 268 g/mol. The standard InChI is InChI=1S/C16H18N2O3/c1-8-5-9(2)17-12(6-8)18-15(19)13-10-3-4-11(7-10)14(13)16(20)21/h3-6,10-11,13-14H,7H2,1-2H3,(H,20,21)(H,17,18,19)/t10-,11+,13-,14-/m0/s1. The quantitative estimate of drug-likeness (QED) is 0.834. The first-order valence-electron chi connectivity index (χ1n) is 7.13. The lowest BCUT2D eigenvalue weighted by Crippen LogP contribution is -2.36. The Bertz CT molecular complexity index is 618. The highest BCUT2D eigenvalue weighted by Gasteiger charge is 2.51. The van der Waals surface area contributed by atoms with Crippen molar-refractivity contribution in [3.05, 3.63) is 35.5 Å². The average Bonchev–Trinajstić information content (AvgIpc) is 2.96. The fourth-order valence-electron chi connectivity index (χ4n) is 3.63. The van der Waals surface area contributed by atoms with Crippen LogP contribution in [-0.4, -0.2) is 22.0 Å². The SMILES string of the molecule is Cc1cc(C)nc(NC(=O)[C@@H]2[C@@H](C(=O)O)[C@@H]3C=C[C@H]2C3)c1. The van der Waals surface area contributed by atoms with Crippen LogP contribution in [0, 0.1) is 37.5 Å². The van der Waals surface area contributed by atoms with Crippen molar-refractivity contribution in [3.63, 3.8) is 0 Å². The van der Waals surface area contributed by atoms with Crippen molar-refractivity contribution in [1.82, 2.24) is 4.98 Å². The number of carboxylic acids is 1.